The number of rotatable bonds is 15. The Morgan fingerprint density at radius 2 is 1.48 bits per heavy atom. The van der Waals surface area contributed by atoms with Gasteiger partial charge in [0.05, 0.1) is 13.2 Å². The summed E-state index contributed by atoms with van der Waals surface area (Å²) >= 11 is 0. The highest BCUT2D eigenvalue weighted by atomic mass is 31.2. The van der Waals surface area contributed by atoms with E-state index in [4.69, 9.17) is 13.6 Å². The Kier molecular flexibility index (Phi) is 11.5. The molecule has 0 aromatic carbocycles. The van der Waals surface area contributed by atoms with Crippen molar-refractivity contribution in [1.82, 2.24) is 9.80 Å². The van der Waals surface area contributed by atoms with Crippen molar-refractivity contribution in [1.29, 1.82) is 0 Å². The molecule has 6 nitrogen and oxygen atoms in total. The van der Waals surface area contributed by atoms with Gasteiger partial charge < -0.3 is 9.80 Å². The van der Waals surface area contributed by atoms with Gasteiger partial charge in [0.1, 0.15) is 0 Å². The second-order valence-corrected chi connectivity index (χ2v) is 8.14. The van der Waals surface area contributed by atoms with Crippen LogP contribution in [0.2, 0.25) is 0 Å². The average molecular weight is 376 g/mol. The summed E-state index contributed by atoms with van der Waals surface area (Å²) in [5.41, 5.74) is 0. The minimum absolute atomic E-state index is 0.363. The van der Waals surface area contributed by atoms with Gasteiger partial charge in [-0.1, -0.05) is 52.9 Å². The summed E-state index contributed by atoms with van der Waals surface area (Å²) in [4.78, 5) is 3.96. The molecule has 0 spiro atoms. The monoisotopic (exact) mass is 376 g/mol. The highest BCUT2D eigenvalue weighted by Gasteiger charge is 2.36. The molecular weight excluding hydrogens is 339 g/mol. The zero-order valence-corrected chi connectivity index (χ0v) is 17.4. The van der Waals surface area contributed by atoms with E-state index in [1.54, 1.807) is 0 Å². The SMILES string of the molecule is CCCCCCCCN1C=CN(C)C1OP(=O)(OCCC)OCCC. The molecule has 1 aliphatic rings. The lowest BCUT2D eigenvalue weighted by Crippen LogP contribution is -2.39. The third kappa shape index (κ3) is 8.59. The van der Waals surface area contributed by atoms with Gasteiger partial charge in [0.2, 0.25) is 6.35 Å². The molecule has 0 N–H and O–H groups in total. The van der Waals surface area contributed by atoms with Crippen LogP contribution in [0.5, 0.6) is 0 Å². The molecule has 0 saturated heterocycles. The Hall–Kier alpha value is -0.550. The lowest BCUT2D eigenvalue weighted by atomic mass is 10.1. The van der Waals surface area contributed by atoms with E-state index in [0.29, 0.717) is 13.2 Å². The summed E-state index contributed by atoms with van der Waals surface area (Å²) in [6.07, 6.45) is 12.5. The van der Waals surface area contributed by atoms with Gasteiger partial charge >= 0.3 is 7.82 Å². The first-order valence-corrected chi connectivity index (χ1v) is 11.3. The number of phosphoric ester groups is 1. The lowest BCUT2D eigenvalue weighted by molar-refractivity contribution is -0.0460. The van der Waals surface area contributed by atoms with Crippen molar-refractivity contribution < 1.29 is 18.1 Å². The third-order valence-electron chi connectivity index (χ3n) is 4.03. The lowest BCUT2D eigenvalue weighted by Gasteiger charge is -2.32. The first-order valence-electron chi connectivity index (χ1n) is 9.79. The van der Waals surface area contributed by atoms with Crippen molar-refractivity contribution in [3.63, 3.8) is 0 Å². The van der Waals surface area contributed by atoms with Gasteiger partial charge in [-0.25, -0.2) is 9.09 Å². The Morgan fingerprint density at radius 1 is 0.880 bits per heavy atom. The van der Waals surface area contributed by atoms with Gasteiger partial charge in [-0.2, -0.15) is 0 Å². The second kappa shape index (κ2) is 12.7. The molecule has 25 heavy (non-hydrogen) atoms. The average Bonchev–Trinajstić information content (AvgIpc) is 2.94. The summed E-state index contributed by atoms with van der Waals surface area (Å²) in [7, 11) is -1.64. The molecule has 0 aliphatic carbocycles. The van der Waals surface area contributed by atoms with Crippen molar-refractivity contribution in [2.75, 3.05) is 26.8 Å². The summed E-state index contributed by atoms with van der Waals surface area (Å²) in [5.74, 6) is 0. The van der Waals surface area contributed by atoms with Crippen LogP contribution in [-0.2, 0) is 18.1 Å². The largest absolute Gasteiger partial charge is 0.478 e. The van der Waals surface area contributed by atoms with Gasteiger partial charge in [-0.05, 0) is 19.3 Å². The van der Waals surface area contributed by atoms with E-state index in [1.165, 1.54) is 32.1 Å². The molecule has 148 valence electrons. The number of unbranched alkanes of at least 4 members (excludes halogenated alkanes) is 5. The molecule has 1 rings (SSSR count). The van der Waals surface area contributed by atoms with Crippen LogP contribution in [0.3, 0.4) is 0 Å². The summed E-state index contributed by atoms with van der Waals surface area (Å²) < 4.78 is 29.6. The standard InChI is InChI=1S/C18H37N2O4P/c1-5-8-9-10-11-12-13-20-15-14-19(4)18(20)24-25(21,22-16-6-2)23-17-7-3/h14-15,18H,5-13,16-17H2,1-4H3. The molecule has 0 radical (unpaired) electrons. The molecule has 0 aromatic rings. The summed E-state index contributed by atoms with van der Waals surface area (Å²) in [6.45, 7) is 7.77. The number of phosphoric acid groups is 1. The van der Waals surface area contributed by atoms with E-state index in [-0.39, 0.29) is 0 Å². The van der Waals surface area contributed by atoms with E-state index in [1.807, 2.05) is 38.2 Å². The summed E-state index contributed by atoms with van der Waals surface area (Å²) in [5, 5.41) is 0. The van der Waals surface area contributed by atoms with Crippen LogP contribution < -0.4 is 0 Å². The van der Waals surface area contributed by atoms with E-state index in [9.17, 15) is 4.57 Å². The van der Waals surface area contributed by atoms with Crippen LogP contribution in [-0.4, -0.2) is 43.0 Å². The zero-order valence-electron chi connectivity index (χ0n) is 16.5. The number of hydrogen-bond acceptors (Lipinski definition) is 6. The Balaban J connectivity index is 2.51. The van der Waals surface area contributed by atoms with Crippen LogP contribution in [0.25, 0.3) is 0 Å². The molecular formula is C18H37N2O4P. The van der Waals surface area contributed by atoms with E-state index in [0.717, 1.165) is 25.8 Å². The highest BCUT2D eigenvalue weighted by molar-refractivity contribution is 7.48. The molecule has 0 saturated carbocycles. The fourth-order valence-corrected chi connectivity index (χ4v) is 4.10. The van der Waals surface area contributed by atoms with Crippen LogP contribution >= 0.6 is 7.82 Å². The van der Waals surface area contributed by atoms with E-state index < -0.39 is 14.2 Å². The van der Waals surface area contributed by atoms with Gasteiger partial charge in [-0.3, -0.25) is 9.05 Å². The maximum atomic E-state index is 12.9. The van der Waals surface area contributed by atoms with Crippen molar-refractivity contribution in [3.05, 3.63) is 12.4 Å². The van der Waals surface area contributed by atoms with Crippen LogP contribution in [0.4, 0.5) is 0 Å². The maximum absolute atomic E-state index is 12.9. The zero-order chi connectivity index (χ0) is 18.5. The maximum Gasteiger partial charge on any atom is 0.478 e. The minimum atomic E-state index is -3.55. The van der Waals surface area contributed by atoms with Gasteiger partial charge in [0, 0.05) is 26.0 Å². The Bertz CT molecular complexity index is 408. The fraction of sp³-hybridized carbons (Fsp3) is 0.889. The van der Waals surface area contributed by atoms with Gasteiger partial charge in [0.15, 0.2) is 0 Å². The topological polar surface area (TPSA) is 51.2 Å². The molecule has 1 aliphatic heterocycles. The summed E-state index contributed by atoms with van der Waals surface area (Å²) in [6, 6.07) is 0. The molecule has 0 fully saturated rings. The molecule has 0 bridgehead atoms. The van der Waals surface area contributed by atoms with Crippen LogP contribution in [0.15, 0.2) is 12.4 Å². The molecule has 0 aromatic heterocycles. The minimum Gasteiger partial charge on any atom is -0.337 e. The van der Waals surface area contributed by atoms with Crippen molar-refractivity contribution in [2.24, 2.45) is 0 Å². The third-order valence-corrected chi connectivity index (χ3v) is 5.47. The predicted octanol–water partition coefficient (Wildman–Crippen LogP) is 5.33. The predicted molar refractivity (Wildman–Crippen MR) is 102 cm³/mol. The van der Waals surface area contributed by atoms with Crippen LogP contribution in [0.1, 0.15) is 72.1 Å². The van der Waals surface area contributed by atoms with Crippen molar-refractivity contribution >= 4 is 7.82 Å². The Labute approximate surface area is 154 Å². The molecule has 1 unspecified atom stereocenters. The normalized spacial score (nSPS) is 17.7. The van der Waals surface area contributed by atoms with Crippen molar-refractivity contribution in [3.8, 4) is 0 Å². The quantitative estimate of drug-likeness (QED) is 0.284. The first-order chi connectivity index (χ1) is 12.1. The van der Waals surface area contributed by atoms with Crippen molar-refractivity contribution in [2.45, 2.75) is 78.5 Å². The smallest absolute Gasteiger partial charge is 0.337 e. The first kappa shape index (κ1) is 22.5. The van der Waals surface area contributed by atoms with Gasteiger partial charge in [-0.15, -0.1) is 0 Å². The Morgan fingerprint density at radius 3 is 2.08 bits per heavy atom. The number of hydrogen-bond donors (Lipinski definition) is 0. The fourth-order valence-electron chi connectivity index (χ4n) is 2.59. The second-order valence-electron chi connectivity index (χ2n) is 6.51. The molecule has 0 amide bonds. The molecule has 7 heteroatoms. The van der Waals surface area contributed by atoms with E-state index >= 15 is 0 Å². The van der Waals surface area contributed by atoms with E-state index in [2.05, 4.69) is 11.8 Å². The van der Waals surface area contributed by atoms with Crippen LogP contribution in [0, 0.1) is 0 Å². The van der Waals surface area contributed by atoms with Gasteiger partial charge in [0.25, 0.3) is 0 Å². The molecule has 1 atom stereocenters. The molecule has 1 heterocycles. The highest BCUT2D eigenvalue weighted by Crippen LogP contribution is 2.51. The number of nitrogens with zero attached hydrogens (tertiary/aromatic N) is 2.